The number of carbonyl (C=O) groups is 1. The summed E-state index contributed by atoms with van der Waals surface area (Å²) in [6.07, 6.45) is 1.89. The third kappa shape index (κ3) is 3.12. The topological polar surface area (TPSA) is 79.2 Å². The van der Waals surface area contributed by atoms with Gasteiger partial charge in [0.25, 0.3) is 5.91 Å². The van der Waals surface area contributed by atoms with Gasteiger partial charge in [0.05, 0.1) is 12.2 Å². The molecule has 0 aliphatic rings. The van der Waals surface area contributed by atoms with Crippen molar-refractivity contribution in [2.75, 3.05) is 7.05 Å². The first-order valence-corrected chi connectivity index (χ1v) is 9.28. The van der Waals surface area contributed by atoms with E-state index in [1.807, 2.05) is 47.0 Å². The molecule has 0 saturated heterocycles. The molecule has 0 saturated carbocycles. The Morgan fingerprint density at radius 1 is 1.00 bits per heavy atom. The highest BCUT2D eigenvalue weighted by Crippen LogP contribution is 2.23. The average Bonchev–Trinajstić information content (AvgIpc) is 3.41. The minimum Gasteiger partial charge on any atom is -0.333 e. The molecule has 0 bridgehead atoms. The Hall–Kier alpha value is -4.00. The van der Waals surface area contributed by atoms with Gasteiger partial charge in [-0.1, -0.05) is 42.5 Å². The summed E-state index contributed by atoms with van der Waals surface area (Å²) >= 11 is 0. The van der Waals surface area contributed by atoms with Crippen LogP contribution in [0.2, 0.25) is 0 Å². The summed E-state index contributed by atoms with van der Waals surface area (Å²) in [4.78, 5) is 14.5. The Morgan fingerprint density at radius 2 is 1.83 bits per heavy atom. The largest absolute Gasteiger partial charge is 0.333 e. The fourth-order valence-electron chi connectivity index (χ4n) is 3.42. The number of carbonyl (C=O) groups excluding carboxylic acids is 1. The lowest BCUT2D eigenvalue weighted by Gasteiger charge is -2.14. The summed E-state index contributed by atoms with van der Waals surface area (Å²) in [5.41, 5.74) is 2.89. The van der Waals surface area contributed by atoms with E-state index in [0.29, 0.717) is 18.1 Å². The predicted molar refractivity (Wildman–Crippen MR) is 110 cm³/mol. The van der Waals surface area contributed by atoms with Crippen molar-refractivity contribution in [3.05, 3.63) is 84.4 Å². The number of nitrogens with one attached hydrogen (secondary N) is 1. The van der Waals surface area contributed by atoms with Gasteiger partial charge in [-0.15, -0.1) is 10.2 Å². The van der Waals surface area contributed by atoms with Gasteiger partial charge in [-0.3, -0.25) is 14.3 Å². The average molecular weight is 382 g/mol. The maximum atomic E-state index is 12.9. The Labute approximate surface area is 166 Å². The first kappa shape index (κ1) is 17.1. The zero-order chi connectivity index (χ0) is 19.8. The first-order chi connectivity index (χ1) is 14.2. The van der Waals surface area contributed by atoms with E-state index in [0.717, 1.165) is 22.3 Å². The molecular formula is C22H18N6O. The first-order valence-electron chi connectivity index (χ1n) is 9.28. The van der Waals surface area contributed by atoms with Crippen LogP contribution >= 0.6 is 0 Å². The number of amides is 1. The SMILES string of the molecule is CN(Cc1nnc2ccccn12)C(=O)c1cc(-c2ccc3ccccc3c2)n[nH]1. The van der Waals surface area contributed by atoms with Gasteiger partial charge in [0, 0.05) is 18.8 Å². The summed E-state index contributed by atoms with van der Waals surface area (Å²) in [7, 11) is 1.74. The Balaban J connectivity index is 1.38. The molecular weight excluding hydrogens is 364 g/mol. The highest BCUT2D eigenvalue weighted by atomic mass is 16.2. The number of aromatic amines is 1. The van der Waals surface area contributed by atoms with Gasteiger partial charge in [0.1, 0.15) is 5.69 Å². The van der Waals surface area contributed by atoms with Gasteiger partial charge in [0.2, 0.25) is 0 Å². The van der Waals surface area contributed by atoms with E-state index in [9.17, 15) is 4.79 Å². The van der Waals surface area contributed by atoms with Gasteiger partial charge in [-0.25, -0.2) is 0 Å². The van der Waals surface area contributed by atoms with Gasteiger partial charge in [-0.2, -0.15) is 5.10 Å². The van der Waals surface area contributed by atoms with Crippen molar-refractivity contribution in [3.8, 4) is 11.3 Å². The lowest BCUT2D eigenvalue weighted by Crippen LogP contribution is -2.27. The van der Waals surface area contributed by atoms with Crippen LogP contribution in [-0.2, 0) is 6.54 Å². The van der Waals surface area contributed by atoms with Gasteiger partial charge in [-0.05, 0) is 35.0 Å². The second kappa shape index (κ2) is 6.87. The molecule has 3 heterocycles. The lowest BCUT2D eigenvalue weighted by molar-refractivity contribution is 0.0775. The van der Waals surface area contributed by atoms with Crippen molar-refractivity contribution in [3.63, 3.8) is 0 Å². The number of hydrogen-bond acceptors (Lipinski definition) is 4. The van der Waals surface area contributed by atoms with Crippen molar-refractivity contribution in [1.82, 2.24) is 29.7 Å². The van der Waals surface area contributed by atoms with Crippen molar-refractivity contribution in [1.29, 1.82) is 0 Å². The molecule has 2 aromatic carbocycles. The standard InChI is InChI=1S/C22H18N6O/c1-27(14-21-26-25-20-8-4-5-11-28(20)21)22(29)19-13-18(23-24-19)17-10-9-15-6-2-3-7-16(15)12-17/h2-13H,14H2,1H3,(H,23,24). The predicted octanol–water partition coefficient (Wildman–Crippen LogP) is 3.54. The summed E-state index contributed by atoms with van der Waals surface area (Å²) in [5.74, 6) is 0.544. The maximum absolute atomic E-state index is 12.9. The maximum Gasteiger partial charge on any atom is 0.272 e. The van der Waals surface area contributed by atoms with Crippen LogP contribution in [0, 0.1) is 0 Å². The molecule has 29 heavy (non-hydrogen) atoms. The van der Waals surface area contributed by atoms with Crippen molar-refractivity contribution in [2.24, 2.45) is 0 Å². The van der Waals surface area contributed by atoms with Crippen LogP contribution in [0.1, 0.15) is 16.3 Å². The molecule has 0 fully saturated rings. The van der Waals surface area contributed by atoms with E-state index in [-0.39, 0.29) is 5.91 Å². The zero-order valence-corrected chi connectivity index (χ0v) is 15.8. The van der Waals surface area contributed by atoms with E-state index in [4.69, 9.17) is 0 Å². The molecule has 1 amide bonds. The van der Waals surface area contributed by atoms with E-state index in [1.165, 1.54) is 5.39 Å². The quantitative estimate of drug-likeness (QED) is 0.516. The number of H-pyrrole nitrogens is 1. The normalized spacial score (nSPS) is 11.2. The lowest BCUT2D eigenvalue weighted by atomic mass is 10.1. The molecule has 0 aliphatic heterocycles. The van der Waals surface area contributed by atoms with Gasteiger partial charge < -0.3 is 4.90 Å². The number of hydrogen-bond donors (Lipinski definition) is 1. The molecule has 7 heteroatoms. The third-order valence-corrected chi connectivity index (χ3v) is 4.96. The van der Waals surface area contributed by atoms with Crippen LogP contribution in [0.25, 0.3) is 27.7 Å². The highest BCUT2D eigenvalue weighted by Gasteiger charge is 2.18. The molecule has 142 valence electrons. The molecule has 1 N–H and O–H groups in total. The van der Waals surface area contributed by atoms with E-state index >= 15 is 0 Å². The highest BCUT2D eigenvalue weighted by molar-refractivity contribution is 5.94. The Kier molecular flexibility index (Phi) is 4.05. The molecule has 0 unspecified atom stereocenters. The number of benzene rings is 2. The van der Waals surface area contributed by atoms with Gasteiger partial charge in [0.15, 0.2) is 11.5 Å². The monoisotopic (exact) mass is 382 g/mol. The van der Waals surface area contributed by atoms with Gasteiger partial charge >= 0.3 is 0 Å². The summed E-state index contributed by atoms with van der Waals surface area (Å²) in [6.45, 7) is 0.342. The fourth-order valence-corrected chi connectivity index (χ4v) is 3.42. The molecule has 0 spiro atoms. The van der Waals surface area contributed by atoms with Crippen LogP contribution in [-0.4, -0.2) is 42.7 Å². The second-order valence-corrected chi connectivity index (χ2v) is 6.94. The molecule has 0 radical (unpaired) electrons. The Morgan fingerprint density at radius 3 is 2.72 bits per heavy atom. The Bertz CT molecular complexity index is 1340. The number of rotatable bonds is 4. The molecule has 0 atom stereocenters. The third-order valence-electron chi connectivity index (χ3n) is 4.96. The van der Waals surface area contributed by atoms with Crippen LogP contribution in [0.3, 0.4) is 0 Å². The zero-order valence-electron chi connectivity index (χ0n) is 15.8. The van der Waals surface area contributed by atoms with Crippen LogP contribution in [0.5, 0.6) is 0 Å². The molecule has 7 nitrogen and oxygen atoms in total. The summed E-state index contributed by atoms with van der Waals surface area (Å²) < 4.78 is 1.87. The number of nitrogens with zero attached hydrogens (tertiary/aromatic N) is 5. The second-order valence-electron chi connectivity index (χ2n) is 6.94. The van der Waals surface area contributed by atoms with Crippen LogP contribution < -0.4 is 0 Å². The molecule has 3 aromatic heterocycles. The number of fused-ring (bicyclic) bond motifs is 2. The van der Waals surface area contributed by atoms with Crippen LogP contribution in [0.15, 0.2) is 72.9 Å². The van der Waals surface area contributed by atoms with E-state index < -0.39 is 0 Å². The molecule has 5 rings (SSSR count). The summed E-state index contributed by atoms with van der Waals surface area (Å²) in [5, 5.41) is 17.8. The fraction of sp³-hybridized carbons (Fsp3) is 0.0909. The minimum absolute atomic E-state index is 0.155. The smallest absolute Gasteiger partial charge is 0.272 e. The van der Waals surface area contributed by atoms with E-state index in [1.54, 1.807) is 18.0 Å². The van der Waals surface area contributed by atoms with Crippen molar-refractivity contribution in [2.45, 2.75) is 6.54 Å². The van der Waals surface area contributed by atoms with Crippen molar-refractivity contribution < 1.29 is 4.79 Å². The minimum atomic E-state index is -0.155. The molecule has 5 aromatic rings. The van der Waals surface area contributed by atoms with Crippen molar-refractivity contribution >= 4 is 22.3 Å². The number of pyridine rings is 1. The molecule has 0 aliphatic carbocycles. The van der Waals surface area contributed by atoms with E-state index in [2.05, 4.69) is 44.7 Å². The number of aromatic nitrogens is 5. The summed E-state index contributed by atoms with van der Waals surface area (Å²) in [6, 6.07) is 21.8. The van der Waals surface area contributed by atoms with Crippen LogP contribution in [0.4, 0.5) is 0 Å².